The van der Waals surface area contributed by atoms with Crippen LogP contribution in [0.15, 0.2) is 59.6 Å². The molecule has 0 bridgehead atoms. The third kappa shape index (κ3) is 5.68. The number of fused-ring (bicyclic) bond motifs is 1. The van der Waals surface area contributed by atoms with E-state index in [1.54, 1.807) is 7.05 Å². The Morgan fingerprint density at radius 2 is 1.81 bits per heavy atom. The van der Waals surface area contributed by atoms with Crippen LogP contribution in [0.4, 0.5) is 0 Å². The number of benzene rings is 2. The monoisotopic (exact) mass is 433 g/mol. The molecule has 0 aromatic heterocycles. The second-order valence-corrected chi connectivity index (χ2v) is 8.93. The van der Waals surface area contributed by atoms with E-state index < -0.39 is 0 Å². The van der Waals surface area contributed by atoms with Crippen molar-refractivity contribution in [3.8, 4) is 0 Å². The van der Waals surface area contributed by atoms with Crippen LogP contribution < -0.4 is 10.6 Å². The van der Waals surface area contributed by atoms with Gasteiger partial charge in [0.05, 0.1) is 6.54 Å². The Morgan fingerprint density at radius 1 is 1.06 bits per heavy atom. The summed E-state index contributed by atoms with van der Waals surface area (Å²) in [4.78, 5) is 21.6. The minimum Gasteiger partial charge on any atom is -0.354 e. The lowest BCUT2D eigenvalue weighted by Gasteiger charge is -2.38. The molecule has 2 aliphatic heterocycles. The molecule has 4 rings (SSSR count). The van der Waals surface area contributed by atoms with Crippen LogP contribution in [-0.4, -0.2) is 60.4 Å². The molecular weight excluding hydrogens is 398 g/mol. The van der Waals surface area contributed by atoms with Gasteiger partial charge in [-0.3, -0.25) is 14.7 Å². The summed E-state index contributed by atoms with van der Waals surface area (Å²) in [5.74, 6) is 0.831. The van der Waals surface area contributed by atoms with Gasteiger partial charge in [0, 0.05) is 45.3 Å². The van der Waals surface area contributed by atoms with Crippen LogP contribution in [0.3, 0.4) is 0 Å². The van der Waals surface area contributed by atoms with Crippen LogP contribution in [0, 0.1) is 0 Å². The second-order valence-electron chi connectivity index (χ2n) is 8.93. The van der Waals surface area contributed by atoms with Crippen molar-refractivity contribution in [1.82, 2.24) is 20.4 Å². The summed E-state index contributed by atoms with van der Waals surface area (Å²) in [6.45, 7) is 6.09. The maximum absolute atomic E-state index is 12.8. The molecule has 170 valence electrons. The molecule has 0 radical (unpaired) electrons. The van der Waals surface area contributed by atoms with Gasteiger partial charge in [-0.05, 0) is 42.9 Å². The Kier molecular flexibility index (Phi) is 7.43. The van der Waals surface area contributed by atoms with Crippen LogP contribution in [0.1, 0.15) is 36.5 Å². The summed E-state index contributed by atoms with van der Waals surface area (Å²) in [5, 5.41) is 6.77. The number of guanidine groups is 1. The van der Waals surface area contributed by atoms with Gasteiger partial charge >= 0.3 is 0 Å². The van der Waals surface area contributed by atoms with Gasteiger partial charge in [-0.15, -0.1) is 0 Å². The SMILES string of the molecule is CN=C(NCC(=O)N1CCc2ccccc2C1)NC1CCN(Cc2ccccc2)C(C)C1. The summed E-state index contributed by atoms with van der Waals surface area (Å²) in [6, 6.07) is 19.9. The minimum absolute atomic E-state index is 0.119. The van der Waals surface area contributed by atoms with E-state index in [9.17, 15) is 4.79 Å². The number of amides is 1. The first kappa shape index (κ1) is 22.3. The molecule has 6 heteroatoms. The number of hydrogen-bond donors (Lipinski definition) is 2. The number of rotatable bonds is 5. The third-order valence-corrected chi connectivity index (χ3v) is 6.70. The fraction of sp³-hybridized carbons (Fsp3) is 0.462. The van der Waals surface area contributed by atoms with Crippen molar-refractivity contribution in [3.63, 3.8) is 0 Å². The van der Waals surface area contributed by atoms with E-state index in [-0.39, 0.29) is 12.5 Å². The van der Waals surface area contributed by atoms with Crippen molar-refractivity contribution in [2.24, 2.45) is 4.99 Å². The number of carbonyl (C=O) groups is 1. The van der Waals surface area contributed by atoms with Crippen molar-refractivity contribution < 1.29 is 4.79 Å². The lowest BCUT2D eigenvalue weighted by atomic mass is 9.97. The summed E-state index contributed by atoms with van der Waals surface area (Å²) in [7, 11) is 1.77. The van der Waals surface area contributed by atoms with Crippen LogP contribution >= 0.6 is 0 Å². The molecular formula is C26H35N5O. The van der Waals surface area contributed by atoms with Crippen molar-refractivity contribution in [3.05, 3.63) is 71.3 Å². The topological polar surface area (TPSA) is 60.0 Å². The predicted octanol–water partition coefficient (Wildman–Crippen LogP) is 2.79. The molecule has 2 aromatic carbocycles. The Hall–Kier alpha value is -2.86. The quantitative estimate of drug-likeness (QED) is 0.562. The molecule has 2 aliphatic rings. The van der Waals surface area contributed by atoms with Gasteiger partial charge in [-0.2, -0.15) is 0 Å². The number of carbonyl (C=O) groups excluding carboxylic acids is 1. The minimum atomic E-state index is 0.119. The van der Waals surface area contributed by atoms with Gasteiger partial charge in [0.15, 0.2) is 5.96 Å². The molecule has 0 spiro atoms. The number of aliphatic imine (C=N–C) groups is 1. The van der Waals surface area contributed by atoms with Crippen LogP contribution in [0.25, 0.3) is 0 Å². The molecule has 32 heavy (non-hydrogen) atoms. The number of nitrogens with zero attached hydrogens (tertiary/aromatic N) is 3. The normalized spacial score (nSPS) is 21.7. The van der Waals surface area contributed by atoms with Crippen molar-refractivity contribution in [1.29, 1.82) is 0 Å². The van der Waals surface area contributed by atoms with Crippen LogP contribution in [0.5, 0.6) is 0 Å². The van der Waals surface area contributed by atoms with Gasteiger partial charge in [0.1, 0.15) is 0 Å². The predicted molar refractivity (Wildman–Crippen MR) is 129 cm³/mol. The van der Waals surface area contributed by atoms with E-state index >= 15 is 0 Å². The van der Waals surface area contributed by atoms with Crippen LogP contribution in [0.2, 0.25) is 0 Å². The number of hydrogen-bond acceptors (Lipinski definition) is 3. The summed E-state index contributed by atoms with van der Waals surface area (Å²) in [6.07, 6.45) is 3.05. The lowest BCUT2D eigenvalue weighted by molar-refractivity contribution is -0.130. The highest BCUT2D eigenvalue weighted by Crippen LogP contribution is 2.20. The van der Waals surface area contributed by atoms with E-state index in [4.69, 9.17) is 0 Å². The second kappa shape index (κ2) is 10.6. The van der Waals surface area contributed by atoms with E-state index in [1.165, 1.54) is 16.7 Å². The zero-order valence-corrected chi connectivity index (χ0v) is 19.3. The van der Waals surface area contributed by atoms with Gasteiger partial charge in [0.25, 0.3) is 0 Å². The Balaban J connectivity index is 1.22. The first-order chi connectivity index (χ1) is 15.6. The van der Waals surface area contributed by atoms with E-state index in [0.717, 1.165) is 38.9 Å². The fourth-order valence-electron chi connectivity index (χ4n) is 4.77. The molecule has 1 saturated heterocycles. The van der Waals surface area contributed by atoms with Crippen molar-refractivity contribution in [2.45, 2.75) is 51.4 Å². The third-order valence-electron chi connectivity index (χ3n) is 6.70. The number of likely N-dealkylation sites (tertiary alicyclic amines) is 1. The highest BCUT2D eigenvalue weighted by molar-refractivity contribution is 5.86. The largest absolute Gasteiger partial charge is 0.354 e. The van der Waals surface area contributed by atoms with E-state index in [0.29, 0.717) is 24.6 Å². The first-order valence-corrected chi connectivity index (χ1v) is 11.7. The molecule has 0 aliphatic carbocycles. The number of nitrogens with one attached hydrogen (secondary N) is 2. The maximum Gasteiger partial charge on any atom is 0.242 e. The molecule has 1 amide bonds. The molecule has 1 fully saturated rings. The first-order valence-electron chi connectivity index (χ1n) is 11.7. The van der Waals surface area contributed by atoms with Gasteiger partial charge in [0.2, 0.25) is 5.91 Å². The Labute approximate surface area is 191 Å². The Morgan fingerprint density at radius 3 is 2.56 bits per heavy atom. The summed E-state index contributed by atoms with van der Waals surface area (Å²) < 4.78 is 0. The molecule has 2 atom stereocenters. The smallest absolute Gasteiger partial charge is 0.242 e. The molecule has 2 unspecified atom stereocenters. The van der Waals surface area contributed by atoms with Gasteiger partial charge < -0.3 is 15.5 Å². The molecule has 2 heterocycles. The molecule has 6 nitrogen and oxygen atoms in total. The molecule has 2 N–H and O–H groups in total. The summed E-state index contributed by atoms with van der Waals surface area (Å²) in [5.41, 5.74) is 3.97. The fourth-order valence-corrected chi connectivity index (χ4v) is 4.77. The Bertz CT molecular complexity index is 929. The average Bonchev–Trinajstić information content (AvgIpc) is 2.83. The zero-order valence-electron chi connectivity index (χ0n) is 19.3. The molecule has 0 saturated carbocycles. The molecule has 2 aromatic rings. The summed E-state index contributed by atoms with van der Waals surface area (Å²) >= 11 is 0. The van der Waals surface area contributed by atoms with Crippen molar-refractivity contribution in [2.75, 3.05) is 26.7 Å². The lowest BCUT2D eigenvalue weighted by Crippen LogP contribution is -2.52. The average molecular weight is 434 g/mol. The zero-order chi connectivity index (χ0) is 22.3. The van der Waals surface area contributed by atoms with Crippen LogP contribution in [-0.2, 0) is 24.3 Å². The highest BCUT2D eigenvalue weighted by Gasteiger charge is 2.26. The van der Waals surface area contributed by atoms with Gasteiger partial charge in [-0.25, -0.2) is 0 Å². The maximum atomic E-state index is 12.8. The number of piperidine rings is 1. The van der Waals surface area contributed by atoms with E-state index in [2.05, 4.69) is 76.0 Å². The van der Waals surface area contributed by atoms with Gasteiger partial charge in [-0.1, -0.05) is 54.6 Å². The highest BCUT2D eigenvalue weighted by atomic mass is 16.2. The van der Waals surface area contributed by atoms with E-state index in [1.807, 2.05) is 11.0 Å². The van der Waals surface area contributed by atoms with Crippen molar-refractivity contribution >= 4 is 11.9 Å². The standard InChI is InChI=1S/C26H35N5O/c1-20-16-24(13-15-30(20)18-21-8-4-3-5-9-21)29-26(27-2)28-17-25(32)31-14-12-22-10-6-7-11-23(22)19-31/h3-11,20,24H,12-19H2,1-2H3,(H2,27,28,29).